The van der Waals surface area contributed by atoms with Crippen LogP contribution in [0.3, 0.4) is 0 Å². The number of aromatic nitrogens is 1. The number of benzene rings is 1. The molecule has 0 fully saturated rings. The van der Waals surface area contributed by atoms with Gasteiger partial charge in [0.2, 0.25) is 0 Å². The van der Waals surface area contributed by atoms with Gasteiger partial charge in [0.1, 0.15) is 0 Å². The minimum absolute atomic E-state index is 0.547. The Balaban J connectivity index is 2.16. The summed E-state index contributed by atoms with van der Waals surface area (Å²) in [5.74, 6) is 0.547. The maximum Gasteiger partial charge on any atom is 0.0753 e. The van der Waals surface area contributed by atoms with Crippen LogP contribution in [0.1, 0.15) is 50.3 Å². The SMILES string of the molecule is CC(C)c1ccnc2c3c(ccc12)CN(C(C)C)C3. The monoisotopic (exact) mass is 254 g/mol. The second-order valence-electron chi connectivity index (χ2n) is 6.15. The Hall–Kier alpha value is -1.41. The van der Waals surface area contributed by atoms with Crippen molar-refractivity contribution in [3.05, 3.63) is 41.1 Å². The molecule has 3 rings (SSSR count). The van der Waals surface area contributed by atoms with Gasteiger partial charge in [-0.3, -0.25) is 9.88 Å². The lowest BCUT2D eigenvalue weighted by Gasteiger charge is -2.19. The van der Waals surface area contributed by atoms with E-state index >= 15 is 0 Å². The summed E-state index contributed by atoms with van der Waals surface area (Å²) in [6.07, 6.45) is 1.97. The molecule has 2 heteroatoms. The molecule has 1 aliphatic heterocycles. The van der Waals surface area contributed by atoms with Crippen molar-refractivity contribution in [2.75, 3.05) is 0 Å². The van der Waals surface area contributed by atoms with Crippen LogP contribution in [0.15, 0.2) is 24.4 Å². The first-order chi connectivity index (χ1) is 9.08. The summed E-state index contributed by atoms with van der Waals surface area (Å²) in [5, 5.41) is 1.34. The summed E-state index contributed by atoms with van der Waals surface area (Å²) in [5.41, 5.74) is 5.52. The van der Waals surface area contributed by atoms with E-state index < -0.39 is 0 Å². The Labute approximate surface area is 115 Å². The molecular formula is C17H22N2. The lowest BCUT2D eigenvalue weighted by Crippen LogP contribution is -2.24. The standard InChI is InChI=1S/C17H22N2/c1-11(2)14-7-8-18-17-15(14)6-5-13-9-19(12(3)4)10-16(13)17/h5-8,11-12H,9-10H2,1-4H3. The van der Waals surface area contributed by atoms with Crippen molar-refractivity contribution in [1.29, 1.82) is 0 Å². The Bertz CT molecular complexity index is 614. The van der Waals surface area contributed by atoms with Crippen LogP contribution in [-0.4, -0.2) is 15.9 Å². The first-order valence-electron chi connectivity index (χ1n) is 7.21. The molecule has 0 radical (unpaired) electrons. The van der Waals surface area contributed by atoms with Gasteiger partial charge in [0.15, 0.2) is 0 Å². The van der Waals surface area contributed by atoms with Crippen LogP contribution in [0, 0.1) is 0 Å². The molecule has 2 nitrogen and oxygen atoms in total. The van der Waals surface area contributed by atoms with E-state index in [0.717, 1.165) is 13.1 Å². The van der Waals surface area contributed by atoms with E-state index in [1.807, 2.05) is 6.20 Å². The Kier molecular flexibility index (Phi) is 3.06. The van der Waals surface area contributed by atoms with Crippen molar-refractivity contribution < 1.29 is 0 Å². The number of rotatable bonds is 2. The highest BCUT2D eigenvalue weighted by atomic mass is 15.2. The molecule has 0 bridgehead atoms. The van der Waals surface area contributed by atoms with E-state index in [9.17, 15) is 0 Å². The van der Waals surface area contributed by atoms with Crippen LogP contribution in [0.2, 0.25) is 0 Å². The van der Waals surface area contributed by atoms with Crippen molar-refractivity contribution in [1.82, 2.24) is 9.88 Å². The van der Waals surface area contributed by atoms with Gasteiger partial charge in [-0.05, 0) is 42.5 Å². The van der Waals surface area contributed by atoms with Gasteiger partial charge >= 0.3 is 0 Å². The van der Waals surface area contributed by atoms with E-state index in [-0.39, 0.29) is 0 Å². The third kappa shape index (κ3) is 2.04. The van der Waals surface area contributed by atoms with Gasteiger partial charge in [-0.15, -0.1) is 0 Å². The van der Waals surface area contributed by atoms with Crippen molar-refractivity contribution in [3.63, 3.8) is 0 Å². The molecule has 0 aliphatic carbocycles. The van der Waals surface area contributed by atoms with Gasteiger partial charge in [-0.25, -0.2) is 0 Å². The number of nitrogens with zero attached hydrogens (tertiary/aromatic N) is 2. The summed E-state index contributed by atoms with van der Waals surface area (Å²) in [4.78, 5) is 7.17. The molecule has 0 saturated heterocycles. The Morgan fingerprint density at radius 3 is 2.53 bits per heavy atom. The van der Waals surface area contributed by atoms with Gasteiger partial charge in [-0.1, -0.05) is 26.0 Å². The van der Waals surface area contributed by atoms with Gasteiger partial charge in [0.25, 0.3) is 0 Å². The van der Waals surface area contributed by atoms with Gasteiger partial charge < -0.3 is 0 Å². The van der Waals surface area contributed by atoms with Crippen LogP contribution < -0.4 is 0 Å². The zero-order valence-corrected chi connectivity index (χ0v) is 12.3. The molecule has 0 spiro atoms. The Morgan fingerprint density at radius 1 is 1.05 bits per heavy atom. The van der Waals surface area contributed by atoms with Gasteiger partial charge in [-0.2, -0.15) is 0 Å². The smallest absolute Gasteiger partial charge is 0.0753 e. The zero-order chi connectivity index (χ0) is 13.6. The van der Waals surface area contributed by atoms with Crippen molar-refractivity contribution in [3.8, 4) is 0 Å². The first-order valence-corrected chi connectivity index (χ1v) is 7.21. The van der Waals surface area contributed by atoms with Gasteiger partial charge in [0, 0.05) is 30.7 Å². The zero-order valence-electron chi connectivity index (χ0n) is 12.3. The fraction of sp³-hybridized carbons (Fsp3) is 0.471. The maximum absolute atomic E-state index is 4.66. The topological polar surface area (TPSA) is 16.1 Å². The lowest BCUT2D eigenvalue weighted by molar-refractivity contribution is 0.227. The summed E-state index contributed by atoms with van der Waals surface area (Å²) in [7, 11) is 0. The second kappa shape index (κ2) is 4.61. The fourth-order valence-corrected chi connectivity index (χ4v) is 3.01. The number of fused-ring (bicyclic) bond motifs is 3. The molecule has 0 amide bonds. The highest BCUT2D eigenvalue weighted by Crippen LogP contribution is 2.33. The number of hydrogen-bond acceptors (Lipinski definition) is 2. The van der Waals surface area contributed by atoms with Crippen LogP contribution in [0.25, 0.3) is 10.9 Å². The molecule has 2 aromatic rings. The minimum Gasteiger partial charge on any atom is -0.292 e. The second-order valence-corrected chi connectivity index (χ2v) is 6.15. The van der Waals surface area contributed by atoms with Crippen LogP contribution >= 0.6 is 0 Å². The molecule has 0 N–H and O–H groups in total. The van der Waals surface area contributed by atoms with E-state index in [4.69, 9.17) is 0 Å². The van der Waals surface area contributed by atoms with Crippen LogP contribution in [0.5, 0.6) is 0 Å². The normalized spacial score (nSPS) is 15.7. The molecule has 0 saturated carbocycles. The maximum atomic E-state index is 4.66. The van der Waals surface area contributed by atoms with E-state index in [1.54, 1.807) is 0 Å². The van der Waals surface area contributed by atoms with E-state index in [0.29, 0.717) is 12.0 Å². The number of hydrogen-bond donors (Lipinski definition) is 0. The highest BCUT2D eigenvalue weighted by Gasteiger charge is 2.24. The molecular weight excluding hydrogens is 232 g/mol. The summed E-state index contributed by atoms with van der Waals surface area (Å²) < 4.78 is 0. The number of pyridine rings is 1. The average molecular weight is 254 g/mol. The molecule has 0 unspecified atom stereocenters. The lowest BCUT2D eigenvalue weighted by atomic mass is 9.96. The third-order valence-corrected chi connectivity index (χ3v) is 4.24. The predicted molar refractivity (Wildman–Crippen MR) is 80.2 cm³/mol. The first kappa shape index (κ1) is 12.6. The quantitative estimate of drug-likeness (QED) is 0.802. The van der Waals surface area contributed by atoms with Crippen molar-refractivity contribution in [2.45, 2.75) is 52.7 Å². The molecule has 1 aromatic carbocycles. The van der Waals surface area contributed by atoms with Crippen molar-refractivity contribution >= 4 is 10.9 Å². The molecule has 100 valence electrons. The molecule has 0 atom stereocenters. The predicted octanol–water partition coefficient (Wildman–Crippen LogP) is 4.08. The van der Waals surface area contributed by atoms with Crippen LogP contribution in [0.4, 0.5) is 0 Å². The average Bonchev–Trinajstić information content (AvgIpc) is 2.82. The highest BCUT2D eigenvalue weighted by molar-refractivity contribution is 5.86. The molecule has 1 aromatic heterocycles. The minimum atomic E-state index is 0.547. The summed E-state index contributed by atoms with van der Waals surface area (Å²) >= 11 is 0. The van der Waals surface area contributed by atoms with Crippen molar-refractivity contribution in [2.24, 2.45) is 0 Å². The summed E-state index contributed by atoms with van der Waals surface area (Å²) in [6.45, 7) is 11.1. The molecule has 1 aliphatic rings. The molecule has 19 heavy (non-hydrogen) atoms. The largest absolute Gasteiger partial charge is 0.292 e. The van der Waals surface area contributed by atoms with E-state index in [1.165, 1.54) is 27.6 Å². The van der Waals surface area contributed by atoms with Crippen LogP contribution in [-0.2, 0) is 13.1 Å². The van der Waals surface area contributed by atoms with Gasteiger partial charge in [0.05, 0.1) is 5.52 Å². The third-order valence-electron chi connectivity index (χ3n) is 4.24. The Morgan fingerprint density at radius 2 is 1.84 bits per heavy atom. The fourth-order valence-electron chi connectivity index (χ4n) is 3.01. The van der Waals surface area contributed by atoms with E-state index in [2.05, 4.69) is 55.8 Å². The summed E-state index contributed by atoms with van der Waals surface area (Å²) in [6, 6.07) is 7.32. The molecule has 2 heterocycles.